The molecule has 0 amide bonds. The van der Waals surface area contributed by atoms with Crippen LogP contribution in [0.5, 0.6) is 5.75 Å². The van der Waals surface area contributed by atoms with Crippen molar-refractivity contribution in [1.82, 2.24) is 0 Å². The Hall–Kier alpha value is -1.06. The van der Waals surface area contributed by atoms with Crippen molar-refractivity contribution >= 4 is 0 Å². The zero-order valence-electron chi connectivity index (χ0n) is 11.4. The number of hydrogen-bond acceptors (Lipinski definition) is 3. The Morgan fingerprint density at radius 1 is 1.33 bits per heavy atom. The summed E-state index contributed by atoms with van der Waals surface area (Å²) < 4.78 is 11.5. The van der Waals surface area contributed by atoms with Crippen LogP contribution < -0.4 is 10.5 Å². The lowest BCUT2D eigenvalue weighted by molar-refractivity contribution is 0.00687. The highest BCUT2D eigenvalue weighted by Gasteiger charge is 2.17. The molecule has 2 N–H and O–H groups in total. The molecule has 0 aliphatic carbocycles. The van der Waals surface area contributed by atoms with Crippen molar-refractivity contribution in [3.8, 4) is 5.75 Å². The van der Waals surface area contributed by atoms with Crippen molar-refractivity contribution in [1.29, 1.82) is 0 Å². The van der Waals surface area contributed by atoms with E-state index in [9.17, 15) is 0 Å². The molecule has 100 valence electrons. The molecule has 0 aromatic heterocycles. The number of ether oxygens (including phenoxy) is 2. The minimum Gasteiger partial charge on any atom is -0.487 e. The summed E-state index contributed by atoms with van der Waals surface area (Å²) >= 11 is 0. The summed E-state index contributed by atoms with van der Waals surface area (Å²) in [7, 11) is 0. The van der Waals surface area contributed by atoms with E-state index in [0.29, 0.717) is 13.2 Å². The predicted molar refractivity (Wildman–Crippen MR) is 73.1 cm³/mol. The van der Waals surface area contributed by atoms with Crippen molar-refractivity contribution in [2.24, 2.45) is 5.73 Å². The number of benzene rings is 1. The molecule has 1 aromatic rings. The fraction of sp³-hybridized carbons (Fsp3) is 0.600. The Bertz CT molecular complexity index is 374. The molecule has 0 saturated carbocycles. The number of rotatable bonds is 4. The number of aryl methyl sites for hydroxylation is 2. The van der Waals surface area contributed by atoms with Crippen molar-refractivity contribution in [3.63, 3.8) is 0 Å². The summed E-state index contributed by atoms with van der Waals surface area (Å²) in [5.74, 6) is 1.02. The monoisotopic (exact) mass is 249 g/mol. The number of hydrogen-bond donors (Lipinski definition) is 1. The van der Waals surface area contributed by atoms with Gasteiger partial charge in [-0.05, 0) is 56.3 Å². The van der Waals surface area contributed by atoms with Gasteiger partial charge in [0.05, 0.1) is 6.61 Å². The molecule has 1 fully saturated rings. The predicted octanol–water partition coefficient (Wildman–Crippen LogP) is 2.36. The Balaban J connectivity index is 2.11. The SMILES string of the molecule is Cc1cc(CCN)cc(C)c1OC1CCCOC1. The standard InChI is InChI=1S/C15H23NO2/c1-11-8-13(5-6-16)9-12(2)15(11)18-14-4-3-7-17-10-14/h8-9,14H,3-7,10,16H2,1-2H3. The summed E-state index contributed by atoms with van der Waals surface area (Å²) in [4.78, 5) is 0. The second-order valence-corrected chi connectivity index (χ2v) is 5.05. The molecule has 1 aromatic carbocycles. The van der Waals surface area contributed by atoms with Gasteiger partial charge >= 0.3 is 0 Å². The van der Waals surface area contributed by atoms with Crippen molar-refractivity contribution in [2.75, 3.05) is 19.8 Å². The van der Waals surface area contributed by atoms with Crippen LogP contribution in [0.25, 0.3) is 0 Å². The first-order valence-electron chi connectivity index (χ1n) is 6.75. The lowest BCUT2D eigenvalue weighted by Crippen LogP contribution is -2.28. The third-order valence-electron chi connectivity index (χ3n) is 3.36. The molecule has 3 heteroatoms. The van der Waals surface area contributed by atoms with Gasteiger partial charge in [-0.3, -0.25) is 0 Å². The van der Waals surface area contributed by atoms with Gasteiger partial charge < -0.3 is 15.2 Å². The highest BCUT2D eigenvalue weighted by atomic mass is 16.5. The first-order chi connectivity index (χ1) is 8.70. The van der Waals surface area contributed by atoms with Crippen LogP contribution in [0, 0.1) is 13.8 Å². The highest BCUT2D eigenvalue weighted by molar-refractivity contribution is 5.43. The Morgan fingerprint density at radius 2 is 2.06 bits per heavy atom. The molecule has 2 rings (SSSR count). The molecule has 1 aliphatic rings. The summed E-state index contributed by atoms with van der Waals surface area (Å²) in [6.07, 6.45) is 3.31. The molecule has 0 spiro atoms. The molecular formula is C15H23NO2. The average molecular weight is 249 g/mol. The maximum Gasteiger partial charge on any atom is 0.125 e. The van der Waals surface area contributed by atoms with Crippen LogP contribution in [0.2, 0.25) is 0 Å². The van der Waals surface area contributed by atoms with Gasteiger partial charge in [0.1, 0.15) is 11.9 Å². The minimum absolute atomic E-state index is 0.205. The molecule has 1 unspecified atom stereocenters. The van der Waals surface area contributed by atoms with Gasteiger partial charge in [0, 0.05) is 6.61 Å². The summed E-state index contributed by atoms with van der Waals surface area (Å²) in [6.45, 7) is 6.48. The van der Waals surface area contributed by atoms with E-state index >= 15 is 0 Å². The molecule has 1 aliphatic heterocycles. The minimum atomic E-state index is 0.205. The quantitative estimate of drug-likeness (QED) is 0.891. The normalized spacial score (nSPS) is 19.8. The fourth-order valence-corrected chi connectivity index (χ4v) is 2.51. The van der Waals surface area contributed by atoms with Gasteiger partial charge in [0.15, 0.2) is 0 Å². The first-order valence-corrected chi connectivity index (χ1v) is 6.75. The van der Waals surface area contributed by atoms with Crippen molar-refractivity contribution in [2.45, 2.75) is 39.2 Å². The van der Waals surface area contributed by atoms with Crippen LogP contribution >= 0.6 is 0 Å². The van der Waals surface area contributed by atoms with E-state index < -0.39 is 0 Å². The van der Waals surface area contributed by atoms with Crippen LogP contribution in [0.4, 0.5) is 0 Å². The Labute approximate surface area is 109 Å². The van der Waals surface area contributed by atoms with E-state index in [1.165, 1.54) is 16.7 Å². The molecular weight excluding hydrogens is 226 g/mol. The van der Waals surface area contributed by atoms with Crippen LogP contribution in [0.3, 0.4) is 0 Å². The fourth-order valence-electron chi connectivity index (χ4n) is 2.51. The third kappa shape index (κ3) is 3.24. The van der Waals surface area contributed by atoms with Gasteiger partial charge in [-0.15, -0.1) is 0 Å². The molecule has 3 nitrogen and oxygen atoms in total. The zero-order chi connectivity index (χ0) is 13.0. The average Bonchev–Trinajstić information content (AvgIpc) is 2.36. The zero-order valence-corrected chi connectivity index (χ0v) is 11.4. The summed E-state index contributed by atoms with van der Waals surface area (Å²) in [5, 5.41) is 0. The molecule has 1 heterocycles. The Kier molecular flexibility index (Phi) is 4.61. The van der Waals surface area contributed by atoms with Crippen LogP contribution in [-0.2, 0) is 11.2 Å². The lowest BCUT2D eigenvalue weighted by Gasteiger charge is -2.25. The van der Waals surface area contributed by atoms with Gasteiger partial charge in [-0.1, -0.05) is 12.1 Å². The van der Waals surface area contributed by atoms with E-state index in [-0.39, 0.29) is 6.10 Å². The first kappa shape index (κ1) is 13.4. The van der Waals surface area contributed by atoms with Crippen molar-refractivity contribution < 1.29 is 9.47 Å². The molecule has 1 atom stereocenters. The maximum atomic E-state index is 6.09. The highest BCUT2D eigenvalue weighted by Crippen LogP contribution is 2.27. The lowest BCUT2D eigenvalue weighted by atomic mass is 10.0. The van der Waals surface area contributed by atoms with E-state index in [4.69, 9.17) is 15.2 Å². The largest absolute Gasteiger partial charge is 0.487 e. The molecule has 1 saturated heterocycles. The molecule has 18 heavy (non-hydrogen) atoms. The summed E-state index contributed by atoms with van der Waals surface area (Å²) in [6, 6.07) is 4.36. The number of nitrogens with two attached hydrogens (primary N) is 1. The van der Waals surface area contributed by atoms with Gasteiger partial charge in [0.2, 0.25) is 0 Å². The van der Waals surface area contributed by atoms with Crippen LogP contribution in [0.1, 0.15) is 29.5 Å². The van der Waals surface area contributed by atoms with Gasteiger partial charge in [0.25, 0.3) is 0 Å². The second kappa shape index (κ2) is 6.21. The van der Waals surface area contributed by atoms with E-state index in [0.717, 1.165) is 31.6 Å². The topological polar surface area (TPSA) is 44.5 Å². The van der Waals surface area contributed by atoms with E-state index in [2.05, 4.69) is 26.0 Å². The van der Waals surface area contributed by atoms with Crippen molar-refractivity contribution in [3.05, 3.63) is 28.8 Å². The molecule has 0 radical (unpaired) electrons. The van der Waals surface area contributed by atoms with Gasteiger partial charge in [-0.25, -0.2) is 0 Å². The smallest absolute Gasteiger partial charge is 0.125 e. The third-order valence-corrected chi connectivity index (χ3v) is 3.36. The van der Waals surface area contributed by atoms with Crippen LogP contribution in [0.15, 0.2) is 12.1 Å². The maximum absolute atomic E-state index is 6.09. The van der Waals surface area contributed by atoms with E-state index in [1.54, 1.807) is 0 Å². The van der Waals surface area contributed by atoms with Crippen LogP contribution in [-0.4, -0.2) is 25.9 Å². The van der Waals surface area contributed by atoms with E-state index in [1.807, 2.05) is 0 Å². The Morgan fingerprint density at radius 3 is 2.61 bits per heavy atom. The molecule has 0 bridgehead atoms. The second-order valence-electron chi connectivity index (χ2n) is 5.05. The van der Waals surface area contributed by atoms with Gasteiger partial charge in [-0.2, -0.15) is 0 Å². The summed E-state index contributed by atoms with van der Waals surface area (Å²) in [5.41, 5.74) is 9.29.